The van der Waals surface area contributed by atoms with Gasteiger partial charge in [0.2, 0.25) is 0 Å². The fraction of sp³-hybridized carbons (Fsp3) is 0.444. The van der Waals surface area contributed by atoms with Gasteiger partial charge in [-0.2, -0.15) is 0 Å². The SMILES string of the molecule is Cc1ncc(C(=O)Nc2ccc(CN3CCCCCC3)cc2)s1. The van der Waals surface area contributed by atoms with Crippen LogP contribution in [0.5, 0.6) is 0 Å². The van der Waals surface area contributed by atoms with Crippen molar-refractivity contribution in [2.75, 3.05) is 18.4 Å². The van der Waals surface area contributed by atoms with Gasteiger partial charge in [-0.3, -0.25) is 9.69 Å². The molecule has 0 saturated carbocycles. The molecule has 0 bridgehead atoms. The van der Waals surface area contributed by atoms with Crippen LogP contribution in [0.15, 0.2) is 30.5 Å². The Labute approximate surface area is 141 Å². The number of hydrogen-bond acceptors (Lipinski definition) is 4. The van der Waals surface area contributed by atoms with E-state index in [1.165, 1.54) is 55.7 Å². The molecule has 3 rings (SSSR count). The van der Waals surface area contributed by atoms with Crippen molar-refractivity contribution >= 4 is 22.9 Å². The second kappa shape index (κ2) is 7.70. The summed E-state index contributed by atoms with van der Waals surface area (Å²) in [4.78, 5) is 19.4. The van der Waals surface area contributed by atoms with Gasteiger partial charge in [-0.05, 0) is 50.6 Å². The van der Waals surface area contributed by atoms with Gasteiger partial charge in [-0.15, -0.1) is 11.3 Å². The number of nitrogens with one attached hydrogen (secondary N) is 1. The first kappa shape index (κ1) is 16.1. The number of likely N-dealkylation sites (tertiary alicyclic amines) is 1. The van der Waals surface area contributed by atoms with Gasteiger partial charge in [0.25, 0.3) is 5.91 Å². The van der Waals surface area contributed by atoms with Gasteiger partial charge < -0.3 is 5.32 Å². The van der Waals surface area contributed by atoms with Crippen LogP contribution in [0.2, 0.25) is 0 Å². The molecule has 0 aliphatic carbocycles. The minimum absolute atomic E-state index is 0.0872. The predicted octanol–water partition coefficient (Wildman–Crippen LogP) is 4.08. The number of nitrogens with zero attached hydrogens (tertiary/aromatic N) is 2. The lowest BCUT2D eigenvalue weighted by Gasteiger charge is -2.19. The molecule has 1 aromatic carbocycles. The van der Waals surface area contributed by atoms with E-state index >= 15 is 0 Å². The van der Waals surface area contributed by atoms with Crippen LogP contribution in [0.25, 0.3) is 0 Å². The van der Waals surface area contributed by atoms with E-state index in [2.05, 4.69) is 27.3 Å². The fourth-order valence-electron chi connectivity index (χ4n) is 2.91. The van der Waals surface area contributed by atoms with E-state index in [9.17, 15) is 4.79 Å². The second-order valence-corrected chi connectivity index (χ2v) is 7.32. The number of thiazole rings is 1. The Morgan fingerprint density at radius 1 is 1.17 bits per heavy atom. The molecule has 1 saturated heterocycles. The van der Waals surface area contributed by atoms with Gasteiger partial charge in [-0.1, -0.05) is 25.0 Å². The minimum Gasteiger partial charge on any atom is -0.321 e. The van der Waals surface area contributed by atoms with E-state index in [4.69, 9.17) is 0 Å². The Hall–Kier alpha value is -1.72. The number of carbonyl (C=O) groups is 1. The van der Waals surface area contributed by atoms with E-state index in [-0.39, 0.29) is 5.91 Å². The third kappa shape index (κ3) is 4.62. The molecule has 1 aliphatic heterocycles. The largest absolute Gasteiger partial charge is 0.321 e. The highest BCUT2D eigenvalue weighted by molar-refractivity contribution is 7.13. The maximum Gasteiger partial charge on any atom is 0.267 e. The van der Waals surface area contributed by atoms with E-state index in [0.29, 0.717) is 4.88 Å². The van der Waals surface area contributed by atoms with Crippen LogP contribution in [0.3, 0.4) is 0 Å². The maximum atomic E-state index is 12.1. The Kier molecular flexibility index (Phi) is 5.41. The molecular formula is C18H23N3OS. The lowest BCUT2D eigenvalue weighted by atomic mass is 10.2. The highest BCUT2D eigenvalue weighted by Gasteiger charge is 2.11. The van der Waals surface area contributed by atoms with Crippen molar-refractivity contribution in [1.29, 1.82) is 0 Å². The van der Waals surface area contributed by atoms with Crippen LogP contribution in [0.1, 0.15) is 45.9 Å². The molecule has 2 aromatic rings. The molecule has 2 heterocycles. The number of amides is 1. The maximum absolute atomic E-state index is 12.1. The summed E-state index contributed by atoms with van der Waals surface area (Å²) in [6.45, 7) is 5.30. The summed E-state index contributed by atoms with van der Waals surface area (Å²) in [6.07, 6.45) is 6.96. The summed E-state index contributed by atoms with van der Waals surface area (Å²) < 4.78 is 0. The number of hydrogen-bond donors (Lipinski definition) is 1. The van der Waals surface area contributed by atoms with Crippen molar-refractivity contribution in [2.24, 2.45) is 0 Å². The summed E-state index contributed by atoms with van der Waals surface area (Å²) in [6, 6.07) is 8.19. The monoisotopic (exact) mass is 329 g/mol. The Morgan fingerprint density at radius 3 is 2.48 bits per heavy atom. The Bertz CT molecular complexity index is 643. The van der Waals surface area contributed by atoms with E-state index < -0.39 is 0 Å². The smallest absolute Gasteiger partial charge is 0.267 e. The quantitative estimate of drug-likeness (QED) is 0.919. The van der Waals surface area contributed by atoms with E-state index in [1.54, 1.807) is 6.20 Å². The number of rotatable bonds is 4. The van der Waals surface area contributed by atoms with Crippen molar-refractivity contribution in [3.05, 3.63) is 45.9 Å². The summed E-state index contributed by atoms with van der Waals surface area (Å²) in [5, 5.41) is 3.84. The minimum atomic E-state index is -0.0872. The number of benzene rings is 1. The fourth-order valence-corrected chi connectivity index (χ4v) is 3.58. The van der Waals surface area contributed by atoms with Crippen molar-refractivity contribution in [2.45, 2.75) is 39.2 Å². The van der Waals surface area contributed by atoms with Crippen molar-refractivity contribution < 1.29 is 4.79 Å². The lowest BCUT2D eigenvalue weighted by Crippen LogP contribution is -2.23. The van der Waals surface area contributed by atoms with Crippen LogP contribution in [0.4, 0.5) is 5.69 Å². The van der Waals surface area contributed by atoms with Gasteiger partial charge in [0.15, 0.2) is 0 Å². The number of carbonyl (C=O) groups excluding carboxylic acids is 1. The lowest BCUT2D eigenvalue weighted by molar-refractivity contribution is 0.103. The van der Waals surface area contributed by atoms with Gasteiger partial charge in [0, 0.05) is 12.2 Å². The molecule has 0 atom stereocenters. The predicted molar refractivity (Wildman–Crippen MR) is 95.0 cm³/mol. The summed E-state index contributed by atoms with van der Waals surface area (Å²) in [5.41, 5.74) is 2.14. The highest BCUT2D eigenvalue weighted by Crippen LogP contribution is 2.17. The van der Waals surface area contributed by atoms with E-state index in [0.717, 1.165) is 17.2 Å². The number of anilines is 1. The van der Waals surface area contributed by atoms with Gasteiger partial charge in [-0.25, -0.2) is 4.98 Å². The molecule has 1 aliphatic rings. The summed E-state index contributed by atoms with van der Waals surface area (Å²) >= 11 is 1.41. The highest BCUT2D eigenvalue weighted by atomic mass is 32.1. The molecule has 1 aromatic heterocycles. The standard InChI is InChI=1S/C18H23N3OS/c1-14-19-12-17(23-14)18(22)20-16-8-6-15(7-9-16)13-21-10-4-2-3-5-11-21/h6-9,12H,2-5,10-11,13H2,1H3,(H,20,22). The third-order valence-electron chi connectivity index (χ3n) is 4.16. The molecule has 23 heavy (non-hydrogen) atoms. The van der Waals surface area contributed by atoms with Crippen LogP contribution >= 0.6 is 11.3 Å². The topological polar surface area (TPSA) is 45.2 Å². The first-order valence-electron chi connectivity index (χ1n) is 8.26. The van der Waals surface area contributed by atoms with Crippen LogP contribution < -0.4 is 5.32 Å². The summed E-state index contributed by atoms with van der Waals surface area (Å²) in [5.74, 6) is -0.0872. The zero-order valence-electron chi connectivity index (χ0n) is 13.5. The Balaban J connectivity index is 1.57. The zero-order valence-corrected chi connectivity index (χ0v) is 14.4. The molecule has 0 unspecified atom stereocenters. The van der Waals surface area contributed by atoms with Gasteiger partial charge in [0.05, 0.1) is 11.2 Å². The number of aryl methyl sites for hydroxylation is 1. The van der Waals surface area contributed by atoms with Crippen molar-refractivity contribution in [3.8, 4) is 0 Å². The number of aromatic nitrogens is 1. The average molecular weight is 329 g/mol. The molecule has 1 amide bonds. The second-order valence-electron chi connectivity index (χ2n) is 6.08. The summed E-state index contributed by atoms with van der Waals surface area (Å²) in [7, 11) is 0. The molecule has 0 radical (unpaired) electrons. The first-order valence-corrected chi connectivity index (χ1v) is 9.07. The molecule has 1 N–H and O–H groups in total. The molecule has 5 heteroatoms. The van der Waals surface area contributed by atoms with Crippen molar-refractivity contribution in [1.82, 2.24) is 9.88 Å². The third-order valence-corrected chi connectivity index (χ3v) is 5.07. The van der Waals surface area contributed by atoms with Crippen LogP contribution in [-0.4, -0.2) is 28.9 Å². The van der Waals surface area contributed by atoms with Crippen molar-refractivity contribution in [3.63, 3.8) is 0 Å². The van der Waals surface area contributed by atoms with Gasteiger partial charge >= 0.3 is 0 Å². The molecule has 122 valence electrons. The first-order chi connectivity index (χ1) is 11.2. The van der Waals surface area contributed by atoms with E-state index in [1.807, 2.05) is 19.1 Å². The van der Waals surface area contributed by atoms with Crippen LogP contribution in [-0.2, 0) is 6.54 Å². The van der Waals surface area contributed by atoms with Crippen LogP contribution in [0, 0.1) is 6.92 Å². The molecule has 0 spiro atoms. The molecule has 1 fully saturated rings. The normalized spacial score (nSPS) is 16.0. The van der Waals surface area contributed by atoms with Gasteiger partial charge in [0.1, 0.15) is 4.88 Å². The average Bonchev–Trinajstić information content (AvgIpc) is 2.82. The molecule has 4 nitrogen and oxygen atoms in total. The Morgan fingerprint density at radius 2 is 1.87 bits per heavy atom. The zero-order chi connectivity index (χ0) is 16.1. The molecular weight excluding hydrogens is 306 g/mol.